The summed E-state index contributed by atoms with van der Waals surface area (Å²) in [5.74, 6) is 0.736. The van der Waals surface area contributed by atoms with Crippen LogP contribution < -0.4 is 0 Å². The number of aliphatic imine (C=N–C) groups is 1. The normalized spacial score (nSPS) is 24.7. The first-order valence-electron chi connectivity index (χ1n) is 5.24. The molecule has 4 nitrogen and oxygen atoms in total. The van der Waals surface area contributed by atoms with Crippen LogP contribution in [-0.4, -0.2) is 35.4 Å². The number of rotatable bonds is 3. The number of hydrogen-bond donors (Lipinski definition) is 1. The summed E-state index contributed by atoms with van der Waals surface area (Å²) in [6.07, 6.45) is 4.39. The van der Waals surface area contributed by atoms with Crippen LogP contribution in [0.3, 0.4) is 0 Å². The van der Waals surface area contributed by atoms with Gasteiger partial charge in [-0.05, 0) is 33.1 Å². The van der Waals surface area contributed by atoms with E-state index in [4.69, 9.17) is 21.7 Å². The van der Waals surface area contributed by atoms with Crippen molar-refractivity contribution in [2.45, 2.75) is 44.8 Å². The number of ether oxygens (including phenoxy) is 1. The smallest absolute Gasteiger partial charge is 0.136 e. The van der Waals surface area contributed by atoms with Crippen LogP contribution in [-0.2, 0) is 4.74 Å². The second kappa shape index (κ2) is 6.08. The van der Waals surface area contributed by atoms with Crippen LogP contribution in [0.4, 0.5) is 0 Å². The van der Waals surface area contributed by atoms with Crippen LogP contribution in [0.15, 0.2) is 4.99 Å². The van der Waals surface area contributed by atoms with Gasteiger partial charge in [0.15, 0.2) is 0 Å². The van der Waals surface area contributed by atoms with Gasteiger partial charge in [0.25, 0.3) is 0 Å². The molecule has 0 saturated carbocycles. The predicted octanol–water partition coefficient (Wildman–Crippen LogP) is 2.43. The highest BCUT2D eigenvalue weighted by atomic mass is 35.5. The van der Waals surface area contributed by atoms with Crippen LogP contribution in [0.1, 0.15) is 33.1 Å². The third-order valence-corrected chi connectivity index (χ3v) is 2.44. The van der Waals surface area contributed by atoms with Crippen LogP contribution >= 0.6 is 11.6 Å². The van der Waals surface area contributed by atoms with E-state index in [9.17, 15) is 0 Å². The Labute approximate surface area is 95.8 Å². The van der Waals surface area contributed by atoms with Gasteiger partial charge in [0.1, 0.15) is 17.6 Å². The monoisotopic (exact) mass is 231 g/mol. The lowest BCUT2D eigenvalue weighted by Crippen LogP contribution is -2.41. The minimum atomic E-state index is -0.268. The van der Waals surface area contributed by atoms with E-state index in [-0.39, 0.29) is 11.7 Å². The van der Waals surface area contributed by atoms with E-state index in [0.717, 1.165) is 31.7 Å². The Morgan fingerprint density at radius 2 is 2.40 bits per heavy atom. The number of amidine groups is 1. The molecule has 0 aromatic heterocycles. The molecule has 15 heavy (non-hydrogen) atoms. The van der Waals surface area contributed by atoms with Gasteiger partial charge in [-0.2, -0.15) is 0 Å². The summed E-state index contributed by atoms with van der Waals surface area (Å²) in [7, 11) is 0. The molecule has 5 heteroatoms. The summed E-state index contributed by atoms with van der Waals surface area (Å²) < 4.78 is 5.58. The zero-order valence-electron chi connectivity index (χ0n) is 9.24. The standard InChI is InChI=1S/C10H18ClN3O/c1-8(11)13-9(2)14(7-12)10-5-3-4-6-15-10/h7-8,10,12H,3-6H2,1-2H3/b12-7?,13-9-. The molecule has 0 spiro atoms. The number of hydrogen-bond acceptors (Lipinski definition) is 3. The molecule has 86 valence electrons. The fourth-order valence-corrected chi connectivity index (χ4v) is 1.79. The molecule has 1 fully saturated rings. The summed E-state index contributed by atoms with van der Waals surface area (Å²) in [5, 5.41) is 7.37. The van der Waals surface area contributed by atoms with Crippen molar-refractivity contribution in [2.24, 2.45) is 4.99 Å². The molecule has 1 N–H and O–H groups in total. The Balaban J connectivity index is 2.64. The van der Waals surface area contributed by atoms with Gasteiger partial charge in [-0.3, -0.25) is 15.3 Å². The van der Waals surface area contributed by atoms with Crippen molar-refractivity contribution in [3.8, 4) is 0 Å². The number of alkyl halides is 1. The third-order valence-electron chi connectivity index (χ3n) is 2.34. The molecule has 1 aliphatic rings. The molecule has 1 aliphatic heterocycles. The summed E-state index contributed by atoms with van der Waals surface area (Å²) in [6.45, 7) is 4.41. The van der Waals surface area contributed by atoms with E-state index in [2.05, 4.69) is 4.99 Å². The molecule has 0 aromatic carbocycles. The maximum absolute atomic E-state index is 7.37. The van der Waals surface area contributed by atoms with Crippen LogP contribution in [0.5, 0.6) is 0 Å². The van der Waals surface area contributed by atoms with E-state index >= 15 is 0 Å². The zero-order chi connectivity index (χ0) is 11.3. The minimum absolute atomic E-state index is 0.0459. The first kappa shape index (κ1) is 12.5. The van der Waals surface area contributed by atoms with Gasteiger partial charge in [-0.1, -0.05) is 11.6 Å². The van der Waals surface area contributed by atoms with Gasteiger partial charge in [0, 0.05) is 6.61 Å². The molecule has 2 unspecified atom stereocenters. The van der Waals surface area contributed by atoms with Gasteiger partial charge in [-0.25, -0.2) is 0 Å². The second-order valence-corrected chi connectivity index (χ2v) is 4.24. The molecule has 0 aromatic rings. The van der Waals surface area contributed by atoms with Crippen LogP contribution in [0.25, 0.3) is 0 Å². The second-order valence-electron chi connectivity index (χ2n) is 3.61. The highest BCUT2D eigenvalue weighted by molar-refractivity contribution is 6.20. The quantitative estimate of drug-likeness (QED) is 0.351. The van der Waals surface area contributed by atoms with Crippen molar-refractivity contribution in [3.63, 3.8) is 0 Å². The Bertz CT molecular complexity index is 237. The van der Waals surface area contributed by atoms with E-state index in [1.807, 2.05) is 6.92 Å². The van der Waals surface area contributed by atoms with Crippen LogP contribution in [0.2, 0.25) is 0 Å². The first-order chi connectivity index (χ1) is 7.15. The van der Waals surface area contributed by atoms with Gasteiger partial charge >= 0.3 is 0 Å². The minimum Gasteiger partial charge on any atom is -0.358 e. The predicted molar refractivity (Wildman–Crippen MR) is 62.6 cm³/mol. The Morgan fingerprint density at radius 1 is 1.67 bits per heavy atom. The molecule has 1 saturated heterocycles. The molecule has 1 heterocycles. The van der Waals surface area contributed by atoms with Crippen molar-refractivity contribution in [2.75, 3.05) is 6.61 Å². The first-order valence-corrected chi connectivity index (χ1v) is 5.68. The van der Waals surface area contributed by atoms with Crippen molar-refractivity contribution in [1.29, 1.82) is 5.41 Å². The number of nitrogens with zero attached hydrogens (tertiary/aromatic N) is 2. The summed E-state index contributed by atoms with van der Waals surface area (Å²) >= 11 is 5.78. The molecule has 0 radical (unpaired) electrons. The SMILES string of the molecule is C/C(=N/C(C)Cl)N(C=N)C1CCCCO1. The molecule has 1 rings (SSSR count). The molecule has 0 amide bonds. The Morgan fingerprint density at radius 3 is 2.87 bits per heavy atom. The van der Waals surface area contributed by atoms with Crippen molar-refractivity contribution >= 4 is 23.8 Å². The molecule has 0 aliphatic carbocycles. The molecular weight excluding hydrogens is 214 g/mol. The lowest BCUT2D eigenvalue weighted by Gasteiger charge is -2.32. The van der Waals surface area contributed by atoms with Crippen LogP contribution in [0, 0.1) is 5.41 Å². The summed E-state index contributed by atoms with van der Waals surface area (Å²) in [4.78, 5) is 5.93. The van der Waals surface area contributed by atoms with E-state index in [1.54, 1.807) is 11.8 Å². The maximum atomic E-state index is 7.37. The van der Waals surface area contributed by atoms with E-state index < -0.39 is 0 Å². The topological polar surface area (TPSA) is 48.7 Å². The van der Waals surface area contributed by atoms with Crippen molar-refractivity contribution < 1.29 is 4.74 Å². The third kappa shape index (κ3) is 3.80. The largest absolute Gasteiger partial charge is 0.358 e. The summed E-state index contributed by atoms with van der Waals surface area (Å²) in [6, 6.07) is 0. The van der Waals surface area contributed by atoms with Gasteiger partial charge in [0.2, 0.25) is 0 Å². The fourth-order valence-electron chi connectivity index (χ4n) is 1.65. The number of nitrogens with one attached hydrogen (secondary N) is 1. The van der Waals surface area contributed by atoms with Gasteiger partial charge < -0.3 is 4.74 Å². The van der Waals surface area contributed by atoms with E-state index in [0.29, 0.717) is 0 Å². The maximum Gasteiger partial charge on any atom is 0.136 e. The average Bonchev–Trinajstić information content (AvgIpc) is 2.19. The van der Waals surface area contributed by atoms with Crippen molar-refractivity contribution in [1.82, 2.24) is 4.90 Å². The Kier molecular flexibility index (Phi) is 5.05. The van der Waals surface area contributed by atoms with E-state index in [1.165, 1.54) is 6.34 Å². The molecular formula is C10H18ClN3O. The van der Waals surface area contributed by atoms with Gasteiger partial charge in [-0.15, -0.1) is 0 Å². The fraction of sp³-hybridized carbons (Fsp3) is 0.800. The lowest BCUT2D eigenvalue weighted by molar-refractivity contribution is -0.0314. The zero-order valence-corrected chi connectivity index (χ0v) is 10.00. The molecule has 0 bridgehead atoms. The Hall–Kier alpha value is -0.610. The lowest BCUT2D eigenvalue weighted by atomic mass is 10.2. The number of halogens is 1. The highest BCUT2D eigenvalue weighted by Crippen LogP contribution is 2.16. The summed E-state index contributed by atoms with van der Waals surface area (Å²) in [5.41, 5.74) is -0.268. The highest BCUT2D eigenvalue weighted by Gasteiger charge is 2.21. The van der Waals surface area contributed by atoms with Gasteiger partial charge in [0.05, 0.1) is 6.34 Å². The average molecular weight is 232 g/mol. The van der Waals surface area contributed by atoms with Crippen molar-refractivity contribution in [3.05, 3.63) is 0 Å². The molecule has 2 atom stereocenters.